The van der Waals surface area contributed by atoms with Gasteiger partial charge in [-0.25, -0.2) is 4.79 Å². The second kappa shape index (κ2) is 8.11. The van der Waals surface area contributed by atoms with Crippen LogP contribution in [0.2, 0.25) is 0 Å². The molecule has 0 heterocycles. The Morgan fingerprint density at radius 3 is 2.61 bits per heavy atom. The van der Waals surface area contributed by atoms with E-state index in [4.69, 9.17) is 9.47 Å². The average molecular weight is 319 g/mol. The molecular weight excluding hydrogens is 294 g/mol. The van der Waals surface area contributed by atoms with E-state index in [0.717, 1.165) is 24.8 Å². The van der Waals surface area contributed by atoms with Gasteiger partial charge in [-0.2, -0.15) is 0 Å². The molecule has 1 fully saturated rings. The standard InChI is InChI=1S/C18H25NO4/c1-3-23-17(21)18(10-5-4-6-11-18)19-16(20)15-9-7-8-14(12-15)13-22-2/h7-9,12H,3-6,10-11,13H2,1-2H3,(H,19,20). The Bertz CT molecular complexity index is 550. The van der Waals surface area contributed by atoms with Crippen molar-refractivity contribution in [1.82, 2.24) is 5.32 Å². The third-order valence-corrected chi connectivity index (χ3v) is 4.23. The zero-order chi connectivity index (χ0) is 16.7. The van der Waals surface area contributed by atoms with Crippen molar-refractivity contribution in [2.24, 2.45) is 0 Å². The topological polar surface area (TPSA) is 64.6 Å². The number of benzene rings is 1. The molecule has 0 radical (unpaired) electrons. The van der Waals surface area contributed by atoms with Crippen LogP contribution in [0.1, 0.15) is 54.9 Å². The second-order valence-electron chi connectivity index (χ2n) is 5.95. The van der Waals surface area contributed by atoms with Crippen LogP contribution in [0.4, 0.5) is 0 Å². The van der Waals surface area contributed by atoms with Crippen molar-refractivity contribution < 1.29 is 19.1 Å². The van der Waals surface area contributed by atoms with E-state index < -0.39 is 5.54 Å². The molecule has 1 aliphatic rings. The maximum Gasteiger partial charge on any atom is 0.331 e. The largest absolute Gasteiger partial charge is 0.464 e. The molecule has 1 aliphatic carbocycles. The lowest BCUT2D eigenvalue weighted by Crippen LogP contribution is -2.56. The van der Waals surface area contributed by atoms with Gasteiger partial charge < -0.3 is 14.8 Å². The fourth-order valence-electron chi connectivity index (χ4n) is 3.06. The SMILES string of the molecule is CCOC(=O)C1(NC(=O)c2cccc(COC)c2)CCCCC1. The number of carbonyl (C=O) groups is 2. The van der Waals surface area contributed by atoms with Gasteiger partial charge in [0.25, 0.3) is 5.91 Å². The molecule has 5 nitrogen and oxygen atoms in total. The summed E-state index contributed by atoms with van der Waals surface area (Å²) in [5, 5.41) is 2.95. The summed E-state index contributed by atoms with van der Waals surface area (Å²) in [6.07, 6.45) is 4.19. The molecule has 23 heavy (non-hydrogen) atoms. The van der Waals surface area contributed by atoms with Gasteiger partial charge in [-0.15, -0.1) is 0 Å². The molecule has 1 N–H and O–H groups in total. The summed E-state index contributed by atoms with van der Waals surface area (Å²) in [5.74, 6) is -0.556. The van der Waals surface area contributed by atoms with E-state index >= 15 is 0 Å². The van der Waals surface area contributed by atoms with E-state index in [1.165, 1.54) is 0 Å². The highest BCUT2D eigenvalue weighted by Crippen LogP contribution is 2.30. The predicted molar refractivity (Wildman–Crippen MR) is 87.1 cm³/mol. The minimum atomic E-state index is -0.886. The van der Waals surface area contributed by atoms with E-state index in [0.29, 0.717) is 31.6 Å². The molecule has 0 aliphatic heterocycles. The molecule has 1 saturated carbocycles. The number of carbonyl (C=O) groups excluding carboxylic acids is 2. The maximum absolute atomic E-state index is 12.6. The number of nitrogens with one attached hydrogen (secondary N) is 1. The highest BCUT2D eigenvalue weighted by atomic mass is 16.5. The van der Waals surface area contributed by atoms with Crippen LogP contribution in [0.3, 0.4) is 0 Å². The van der Waals surface area contributed by atoms with Crippen LogP contribution in [0.15, 0.2) is 24.3 Å². The molecular formula is C18H25NO4. The lowest BCUT2D eigenvalue weighted by Gasteiger charge is -2.35. The Balaban J connectivity index is 2.17. The average Bonchev–Trinajstić information content (AvgIpc) is 2.56. The lowest BCUT2D eigenvalue weighted by molar-refractivity contribution is -0.152. The third-order valence-electron chi connectivity index (χ3n) is 4.23. The monoisotopic (exact) mass is 319 g/mol. The maximum atomic E-state index is 12.6. The summed E-state index contributed by atoms with van der Waals surface area (Å²) in [5.41, 5.74) is 0.575. The molecule has 1 aromatic carbocycles. The predicted octanol–water partition coefficient (Wildman–Crippen LogP) is 2.83. The number of amides is 1. The number of rotatable bonds is 6. The van der Waals surface area contributed by atoms with Gasteiger partial charge in [0.05, 0.1) is 13.2 Å². The first kappa shape index (κ1) is 17.5. The van der Waals surface area contributed by atoms with Gasteiger partial charge >= 0.3 is 5.97 Å². The van der Waals surface area contributed by atoms with Crippen LogP contribution >= 0.6 is 0 Å². The van der Waals surface area contributed by atoms with E-state index in [9.17, 15) is 9.59 Å². The molecule has 2 rings (SSSR count). The first-order valence-electron chi connectivity index (χ1n) is 8.19. The zero-order valence-electron chi connectivity index (χ0n) is 13.9. The Labute approximate surface area is 137 Å². The van der Waals surface area contributed by atoms with Gasteiger partial charge in [0.15, 0.2) is 0 Å². The third kappa shape index (κ3) is 4.32. The van der Waals surface area contributed by atoms with E-state index in [-0.39, 0.29) is 11.9 Å². The van der Waals surface area contributed by atoms with Gasteiger partial charge in [0.1, 0.15) is 5.54 Å². The molecule has 0 unspecified atom stereocenters. The molecule has 0 spiro atoms. The first-order valence-corrected chi connectivity index (χ1v) is 8.19. The minimum absolute atomic E-state index is 0.238. The van der Waals surface area contributed by atoms with Gasteiger partial charge in [-0.3, -0.25) is 4.79 Å². The molecule has 0 bridgehead atoms. The summed E-state index contributed by atoms with van der Waals surface area (Å²) < 4.78 is 10.3. The lowest BCUT2D eigenvalue weighted by atomic mass is 9.81. The van der Waals surface area contributed by atoms with Gasteiger partial charge in [0, 0.05) is 12.7 Å². The van der Waals surface area contributed by atoms with Crippen molar-refractivity contribution >= 4 is 11.9 Å². The van der Waals surface area contributed by atoms with Crippen molar-refractivity contribution in [2.75, 3.05) is 13.7 Å². The van der Waals surface area contributed by atoms with Crippen LogP contribution in [0.5, 0.6) is 0 Å². The van der Waals surface area contributed by atoms with Crippen molar-refractivity contribution in [1.29, 1.82) is 0 Å². The Hall–Kier alpha value is -1.88. The van der Waals surface area contributed by atoms with Crippen molar-refractivity contribution in [3.05, 3.63) is 35.4 Å². The summed E-state index contributed by atoms with van der Waals surface area (Å²) in [4.78, 5) is 25.0. The van der Waals surface area contributed by atoms with Crippen LogP contribution < -0.4 is 5.32 Å². The van der Waals surface area contributed by atoms with E-state index in [1.807, 2.05) is 12.1 Å². The van der Waals surface area contributed by atoms with Crippen LogP contribution in [0, 0.1) is 0 Å². The Kier molecular flexibility index (Phi) is 6.16. The van der Waals surface area contributed by atoms with Gasteiger partial charge in [-0.1, -0.05) is 31.4 Å². The van der Waals surface area contributed by atoms with Crippen LogP contribution in [-0.2, 0) is 20.9 Å². The molecule has 0 aromatic heterocycles. The Morgan fingerprint density at radius 2 is 1.96 bits per heavy atom. The summed E-state index contributed by atoms with van der Waals surface area (Å²) in [7, 11) is 1.62. The number of ether oxygens (including phenoxy) is 2. The fourth-order valence-corrected chi connectivity index (χ4v) is 3.06. The van der Waals surface area contributed by atoms with Crippen LogP contribution in [-0.4, -0.2) is 31.1 Å². The minimum Gasteiger partial charge on any atom is -0.464 e. The fraction of sp³-hybridized carbons (Fsp3) is 0.556. The quantitative estimate of drug-likeness (QED) is 0.819. The number of esters is 1. The first-order chi connectivity index (χ1) is 11.1. The van der Waals surface area contributed by atoms with E-state index in [2.05, 4.69) is 5.32 Å². The van der Waals surface area contributed by atoms with Gasteiger partial charge in [0.2, 0.25) is 0 Å². The molecule has 126 valence electrons. The number of methoxy groups -OCH3 is 1. The smallest absolute Gasteiger partial charge is 0.331 e. The molecule has 0 saturated heterocycles. The molecule has 1 amide bonds. The second-order valence-corrected chi connectivity index (χ2v) is 5.95. The highest BCUT2D eigenvalue weighted by molar-refractivity contribution is 5.98. The Morgan fingerprint density at radius 1 is 1.22 bits per heavy atom. The van der Waals surface area contributed by atoms with Crippen LogP contribution in [0.25, 0.3) is 0 Å². The van der Waals surface area contributed by atoms with Gasteiger partial charge in [-0.05, 0) is 37.5 Å². The number of hydrogen-bond acceptors (Lipinski definition) is 4. The van der Waals surface area contributed by atoms with Crippen molar-refractivity contribution in [3.63, 3.8) is 0 Å². The highest BCUT2D eigenvalue weighted by Gasteiger charge is 2.42. The molecule has 5 heteroatoms. The summed E-state index contributed by atoms with van der Waals surface area (Å²) in [6, 6.07) is 7.26. The zero-order valence-corrected chi connectivity index (χ0v) is 13.9. The van der Waals surface area contributed by atoms with Crippen molar-refractivity contribution in [2.45, 2.75) is 51.2 Å². The normalized spacial score (nSPS) is 16.6. The number of hydrogen-bond donors (Lipinski definition) is 1. The summed E-state index contributed by atoms with van der Waals surface area (Å²) in [6.45, 7) is 2.55. The molecule has 0 atom stereocenters. The van der Waals surface area contributed by atoms with E-state index in [1.54, 1.807) is 26.2 Å². The van der Waals surface area contributed by atoms with Crippen molar-refractivity contribution in [3.8, 4) is 0 Å². The summed E-state index contributed by atoms with van der Waals surface area (Å²) >= 11 is 0. The molecule has 1 aromatic rings.